The molecule has 0 bridgehead atoms. The van der Waals surface area contributed by atoms with E-state index in [0.717, 1.165) is 5.56 Å². The van der Waals surface area contributed by atoms with Crippen LogP contribution in [0.2, 0.25) is 0 Å². The highest BCUT2D eigenvalue weighted by molar-refractivity contribution is 6.08. The zero-order valence-corrected chi connectivity index (χ0v) is 14.6. The largest absolute Gasteiger partial charge is 0.455 e. The SMILES string of the molecule is CC(=O)O[C@@H](/C=C/c1ccccc1)[C@]1(C)N=C(c2ccccc2)OC1=O. The van der Waals surface area contributed by atoms with Crippen molar-refractivity contribution in [1.29, 1.82) is 0 Å². The highest BCUT2D eigenvalue weighted by Crippen LogP contribution is 2.29. The van der Waals surface area contributed by atoms with Crippen molar-refractivity contribution in [3.8, 4) is 0 Å². The van der Waals surface area contributed by atoms with Crippen LogP contribution in [0, 0.1) is 0 Å². The minimum absolute atomic E-state index is 0.225. The zero-order valence-electron chi connectivity index (χ0n) is 14.6. The number of nitrogens with zero attached hydrogens (tertiary/aromatic N) is 1. The first-order valence-electron chi connectivity index (χ1n) is 8.27. The first kappa shape index (κ1) is 17.6. The number of cyclic esters (lactones) is 1. The smallest absolute Gasteiger partial charge is 0.344 e. The second-order valence-corrected chi connectivity index (χ2v) is 6.12. The summed E-state index contributed by atoms with van der Waals surface area (Å²) in [5.41, 5.74) is 0.271. The molecule has 0 radical (unpaired) electrons. The van der Waals surface area contributed by atoms with Gasteiger partial charge in [0.05, 0.1) is 0 Å². The van der Waals surface area contributed by atoms with Gasteiger partial charge in [-0.15, -0.1) is 0 Å². The van der Waals surface area contributed by atoms with Crippen LogP contribution in [-0.4, -0.2) is 29.5 Å². The molecule has 1 heterocycles. The number of carbonyl (C=O) groups excluding carboxylic acids is 2. The average molecular weight is 349 g/mol. The molecule has 1 aliphatic rings. The third-order valence-corrected chi connectivity index (χ3v) is 4.07. The van der Waals surface area contributed by atoms with Crippen molar-refractivity contribution >= 4 is 23.9 Å². The Hall–Kier alpha value is -3.21. The predicted molar refractivity (Wildman–Crippen MR) is 98.5 cm³/mol. The van der Waals surface area contributed by atoms with Gasteiger partial charge in [-0.1, -0.05) is 54.6 Å². The normalized spacial score (nSPS) is 20.5. The fraction of sp³-hybridized carbons (Fsp3) is 0.190. The molecule has 132 valence electrons. The molecule has 0 aromatic heterocycles. The standard InChI is InChI=1S/C21H19NO4/c1-15(23)25-18(14-13-16-9-5-3-6-10-16)21(2)20(24)26-19(22-21)17-11-7-4-8-12-17/h3-14,18H,1-2H3/b14-13+/t18-,21-/m0/s1. The van der Waals surface area contributed by atoms with Crippen LogP contribution in [-0.2, 0) is 19.1 Å². The summed E-state index contributed by atoms with van der Waals surface area (Å²) in [6.07, 6.45) is 2.58. The lowest BCUT2D eigenvalue weighted by Crippen LogP contribution is -2.44. The van der Waals surface area contributed by atoms with Crippen LogP contribution in [0.3, 0.4) is 0 Å². The van der Waals surface area contributed by atoms with Gasteiger partial charge in [0.25, 0.3) is 0 Å². The highest BCUT2D eigenvalue weighted by Gasteiger charge is 2.49. The number of aliphatic imine (C=N–C) groups is 1. The molecule has 5 heteroatoms. The van der Waals surface area contributed by atoms with E-state index in [-0.39, 0.29) is 5.90 Å². The van der Waals surface area contributed by atoms with E-state index in [1.165, 1.54) is 6.92 Å². The summed E-state index contributed by atoms with van der Waals surface area (Å²) in [5, 5.41) is 0. The van der Waals surface area contributed by atoms with Gasteiger partial charge in [0.15, 0.2) is 11.6 Å². The Labute approximate surface area is 152 Å². The summed E-state index contributed by atoms with van der Waals surface area (Å²) >= 11 is 0. The molecular weight excluding hydrogens is 330 g/mol. The second kappa shape index (κ2) is 7.35. The van der Waals surface area contributed by atoms with Crippen LogP contribution in [0.5, 0.6) is 0 Å². The molecule has 0 saturated carbocycles. The molecule has 2 aromatic carbocycles. The molecule has 0 spiro atoms. The number of hydrogen-bond acceptors (Lipinski definition) is 5. The fourth-order valence-electron chi connectivity index (χ4n) is 2.64. The predicted octanol–water partition coefficient (Wildman–Crippen LogP) is 3.39. The molecule has 0 unspecified atom stereocenters. The van der Waals surface area contributed by atoms with E-state index in [2.05, 4.69) is 4.99 Å². The molecule has 2 atom stereocenters. The lowest BCUT2D eigenvalue weighted by atomic mass is 9.95. The van der Waals surface area contributed by atoms with Crippen molar-refractivity contribution in [2.75, 3.05) is 0 Å². The average Bonchev–Trinajstić information content (AvgIpc) is 2.96. The molecule has 2 aromatic rings. The van der Waals surface area contributed by atoms with Crippen molar-refractivity contribution in [1.82, 2.24) is 0 Å². The first-order valence-corrected chi connectivity index (χ1v) is 8.27. The third-order valence-electron chi connectivity index (χ3n) is 4.07. The Balaban J connectivity index is 1.94. The first-order chi connectivity index (χ1) is 12.5. The number of esters is 2. The minimum atomic E-state index is -1.35. The van der Waals surface area contributed by atoms with Crippen molar-refractivity contribution < 1.29 is 19.1 Å². The van der Waals surface area contributed by atoms with Gasteiger partial charge in [-0.3, -0.25) is 4.79 Å². The number of benzene rings is 2. The van der Waals surface area contributed by atoms with Crippen LogP contribution in [0.25, 0.3) is 6.08 Å². The topological polar surface area (TPSA) is 65.0 Å². The summed E-state index contributed by atoms with van der Waals surface area (Å²) in [4.78, 5) is 28.6. The molecule has 0 saturated heterocycles. The van der Waals surface area contributed by atoms with Gasteiger partial charge in [-0.2, -0.15) is 0 Å². The van der Waals surface area contributed by atoms with Gasteiger partial charge in [0.1, 0.15) is 0 Å². The minimum Gasteiger partial charge on any atom is -0.455 e. The Morgan fingerprint density at radius 2 is 1.73 bits per heavy atom. The Morgan fingerprint density at radius 1 is 1.12 bits per heavy atom. The molecule has 0 N–H and O–H groups in total. The summed E-state index contributed by atoms with van der Waals surface area (Å²) < 4.78 is 10.7. The van der Waals surface area contributed by atoms with Gasteiger partial charge < -0.3 is 9.47 Å². The summed E-state index contributed by atoms with van der Waals surface area (Å²) in [7, 11) is 0. The molecular formula is C21H19NO4. The maximum Gasteiger partial charge on any atom is 0.344 e. The second-order valence-electron chi connectivity index (χ2n) is 6.12. The van der Waals surface area contributed by atoms with E-state index >= 15 is 0 Å². The highest BCUT2D eigenvalue weighted by atomic mass is 16.6. The lowest BCUT2D eigenvalue weighted by Gasteiger charge is -2.24. The van der Waals surface area contributed by atoms with E-state index in [4.69, 9.17) is 9.47 Å². The molecule has 3 rings (SSSR count). The van der Waals surface area contributed by atoms with Gasteiger partial charge in [-0.05, 0) is 30.7 Å². The van der Waals surface area contributed by atoms with E-state index in [0.29, 0.717) is 5.56 Å². The number of carbonyl (C=O) groups is 2. The Kier molecular flexibility index (Phi) is 4.98. The quantitative estimate of drug-likeness (QED) is 0.776. The lowest BCUT2D eigenvalue weighted by molar-refractivity contribution is -0.152. The van der Waals surface area contributed by atoms with Crippen molar-refractivity contribution in [3.63, 3.8) is 0 Å². The van der Waals surface area contributed by atoms with E-state index in [1.807, 2.05) is 48.5 Å². The maximum absolute atomic E-state index is 12.6. The third kappa shape index (κ3) is 3.72. The summed E-state index contributed by atoms with van der Waals surface area (Å²) in [6.45, 7) is 2.91. The van der Waals surface area contributed by atoms with Crippen LogP contribution < -0.4 is 0 Å². The maximum atomic E-state index is 12.6. The fourth-order valence-corrected chi connectivity index (χ4v) is 2.64. The van der Waals surface area contributed by atoms with Crippen molar-refractivity contribution in [2.24, 2.45) is 4.99 Å². The van der Waals surface area contributed by atoms with Crippen molar-refractivity contribution in [2.45, 2.75) is 25.5 Å². The molecule has 5 nitrogen and oxygen atoms in total. The Bertz CT molecular complexity index is 858. The van der Waals surface area contributed by atoms with Gasteiger partial charge in [0, 0.05) is 12.5 Å². The van der Waals surface area contributed by atoms with Crippen LogP contribution in [0.4, 0.5) is 0 Å². The van der Waals surface area contributed by atoms with Gasteiger partial charge in [0.2, 0.25) is 5.90 Å². The zero-order chi connectivity index (χ0) is 18.6. The van der Waals surface area contributed by atoms with Crippen LogP contribution in [0.1, 0.15) is 25.0 Å². The number of hydrogen-bond donors (Lipinski definition) is 0. The van der Waals surface area contributed by atoms with Gasteiger partial charge >= 0.3 is 11.9 Å². The molecule has 0 fully saturated rings. The molecule has 26 heavy (non-hydrogen) atoms. The Morgan fingerprint density at radius 3 is 2.35 bits per heavy atom. The van der Waals surface area contributed by atoms with Crippen LogP contribution in [0.15, 0.2) is 71.7 Å². The van der Waals surface area contributed by atoms with E-state index < -0.39 is 23.6 Å². The van der Waals surface area contributed by atoms with Crippen LogP contribution >= 0.6 is 0 Å². The number of ether oxygens (including phenoxy) is 2. The van der Waals surface area contributed by atoms with Gasteiger partial charge in [-0.25, -0.2) is 9.79 Å². The number of rotatable bonds is 5. The van der Waals surface area contributed by atoms with E-state index in [1.54, 1.807) is 31.2 Å². The van der Waals surface area contributed by atoms with Crippen molar-refractivity contribution in [3.05, 3.63) is 77.9 Å². The summed E-state index contributed by atoms with van der Waals surface area (Å²) in [5.74, 6) is -0.825. The molecule has 0 aliphatic carbocycles. The van der Waals surface area contributed by atoms with E-state index in [9.17, 15) is 9.59 Å². The molecule has 0 amide bonds. The summed E-state index contributed by atoms with van der Waals surface area (Å²) in [6, 6.07) is 18.7. The monoisotopic (exact) mass is 349 g/mol. The molecule has 1 aliphatic heterocycles.